The van der Waals surface area contributed by atoms with Crippen molar-refractivity contribution in [3.05, 3.63) is 108 Å². The maximum absolute atomic E-state index is 9.58. The molecule has 0 amide bonds. The Morgan fingerprint density at radius 2 is 1.03 bits per heavy atom. The van der Waals surface area contributed by atoms with Crippen LogP contribution in [0, 0.1) is 22.7 Å². The Morgan fingerprint density at radius 1 is 0.531 bits per heavy atom. The highest BCUT2D eigenvalue weighted by Crippen LogP contribution is 2.40. The summed E-state index contributed by atoms with van der Waals surface area (Å²) in [6.45, 7) is 0. The van der Waals surface area contributed by atoms with Crippen LogP contribution in [-0.2, 0) is 0 Å². The predicted octanol–water partition coefficient (Wildman–Crippen LogP) is 6.47. The Bertz CT molecular complexity index is 1710. The van der Waals surface area contributed by atoms with Gasteiger partial charge in [-0.05, 0) is 42.5 Å². The van der Waals surface area contributed by atoms with Crippen molar-refractivity contribution in [2.24, 2.45) is 0 Å². The van der Waals surface area contributed by atoms with E-state index >= 15 is 0 Å². The van der Waals surface area contributed by atoms with Gasteiger partial charge in [0.15, 0.2) is 0 Å². The molecule has 0 aliphatic carbocycles. The number of fused-ring (bicyclic) bond motifs is 5. The normalized spacial score (nSPS) is 11.1. The first-order chi connectivity index (χ1) is 15.8. The molecule has 2 heterocycles. The molecular weight excluding hydrogens is 392 g/mol. The van der Waals surface area contributed by atoms with Crippen LogP contribution in [0.25, 0.3) is 44.2 Å². The van der Waals surface area contributed by atoms with Gasteiger partial charge in [0, 0.05) is 21.8 Å². The number of hydrogen-bond acceptors (Lipinski definition) is 2. The molecule has 0 atom stereocenters. The maximum Gasteiger partial charge on any atom is 0.131 e. The first kappa shape index (κ1) is 18.0. The molecule has 4 heteroatoms. The van der Waals surface area contributed by atoms with E-state index in [4.69, 9.17) is 0 Å². The quantitative estimate of drug-likeness (QED) is 0.330. The van der Waals surface area contributed by atoms with Gasteiger partial charge in [0.2, 0.25) is 0 Å². The second-order valence-corrected chi connectivity index (χ2v) is 7.73. The number of nitriles is 2. The Balaban J connectivity index is 1.89. The topological polar surface area (TPSA) is 57.4 Å². The fourth-order valence-corrected chi connectivity index (χ4v) is 4.67. The number of rotatable bonds is 2. The number of hydrogen-bond donors (Lipinski definition) is 0. The molecule has 4 nitrogen and oxygen atoms in total. The molecule has 0 aliphatic rings. The third-order valence-corrected chi connectivity index (χ3v) is 5.92. The van der Waals surface area contributed by atoms with Crippen molar-refractivity contribution in [2.45, 2.75) is 0 Å². The van der Waals surface area contributed by atoms with Crippen molar-refractivity contribution in [1.82, 2.24) is 9.13 Å². The molecule has 0 radical (unpaired) electrons. The Morgan fingerprint density at radius 3 is 1.59 bits per heavy atom. The van der Waals surface area contributed by atoms with Crippen LogP contribution in [0.3, 0.4) is 0 Å². The second kappa shape index (κ2) is 6.87. The molecule has 2 aromatic heterocycles. The van der Waals surface area contributed by atoms with Crippen molar-refractivity contribution in [3.8, 4) is 23.5 Å². The Labute approximate surface area is 184 Å². The van der Waals surface area contributed by atoms with E-state index in [1.54, 1.807) is 6.07 Å². The minimum absolute atomic E-state index is 0.465. The first-order valence-electron chi connectivity index (χ1n) is 10.3. The van der Waals surface area contributed by atoms with Gasteiger partial charge in [-0.3, -0.25) is 9.13 Å². The molecule has 0 bridgehead atoms. The van der Waals surface area contributed by atoms with Gasteiger partial charge in [-0.25, -0.2) is 0 Å². The summed E-state index contributed by atoms with van der Waals surface area (Å²) >= 11 is 0. The van der Waals surface area contributed by atoms with Gasteiger partial charge in [-0.1, -0.05) is 54.6 Å². The third kappa shape index (κ3) is 2.48. The van der Waals surface area contributed by atoms with Crippen LogP contribution in [0.2, 0.25) is 0 Å². The van der Waals surface area contributed by atoms with Gasteiger partial charge in [0.1, 0.15) is 5.65 Å². The van der Waals surface area contributed by atoms with E-state index in [1.807, 2.05) is 42.5 Å². The summed E-state index contributed by atoms with van der Waals surface area (Å²) in [7, 11) is 0. The lowest BCUT2D eigenvalue weighted by Crippen LogP contribution is -2.02. The minimum atomic E-state index is 0.465. The lowest BCUT2D eigenvalue weighted by molar-refractivity contribution is 1.07. The molecule has 0 unspecified atom stereocenters. The van der Waals surface area contributed by atoms with Crippen molar-refractivity contribution >= 4 is 32.8 Å². The highest BCUT2D eigenvalue weighted by Gasteiger charge is 2.22. The van der Waals surface area contributed by atoms with E-state index in [0.717, 1.165) is 38.8 Å². The summed E-state index contributed by atoms with van der Waals surface area (Å²) < 4.78 is 4.43. The third-order valence-electron chi connectivity index (χ3n) is 5.92. The second-order valence-electron chi connectivity index (χ2n) is 7.73. The standard InChI is InChI=1S/C28H16N4/c29-17-19-14-20(18-30)16-22(15-19)32-26-13-7-5-11-24(26)27-23-10-4-6-12-25(23)31(28(27)32)21-8-2-1-3-9-21/h1-16H. The number of para-hydroxylation sites is 3. The molecule has 148 valence electrons. The summed E-state index contributed by atoms with van der Waals surface area (Å²) in [4.78, 5) is 0. The zero-order valence-corrected chi connectivity index (χ0v) is 17.0. The summed E-state index contributed by atoms with van der Waals surface area (Å²) in [5.74, 6) is 0. The number of aromatic nitrogens is 2. The molecule has 32 heavy (non-hydrogen) atoms. The van der Waals surface area contributed by atoms with E-state index in [2.05, 4.69) is 69.8 Å². The molecule has 0 aliphatic heterocycles. The smallest absolute Gasteiger partial charge is 0.131 e. The maximum atomic E-state index is 9.58. The van der Waals surface area contributed by atoms with E-state index < -0.39 is 0 Å². The van der Waals surface area contributed by atoms with E-state index in [-0.39, 0.29) is 0 Å². The lowest BCUT2D eigenvalue weighted by atomic mass is 10.1. The zero-order valence-electron chi connectivity index (χ0n) is 17.0. The molecule has 6 aromatic rings. The molecule has 0 saturated carbocycles. The number of benzene rings is 4. The van der Waals surface area contributed by atoms with Crippen molar-refractivity contribution in [1.29, 1.82) is 10.5 Å². The monoisotopic (exact) mass is 408 g/mol. The SMILES string of the molecule is N#Cc1cc(C#N)cc(-n2c3ccccc3c3c4ccccc4n(-c4ccccc4)c32)c1. The average Bonchev–Trinajstić information content (AvgIpc) is 3.36. The predicted molar refractivity (Wildman–Crippen MR) is 127 cm³/mol. The summed E-state index contributed by atoms with van der Waals surface area (Å²) in [6.07, 6.45) is 0. The molecule has 6 rings (SSSR count). The highest BCUT2D eigenvalue weighted by molar-refractivity contribution is 6.22. The molecule has 0 saturated heterocycles. The van der Waals surface area contributed by atoms with Crippen molar-refractivity contribution in [3.63, 3.8) is 0 Å². The first-order valence-corrected chi connectivity index (χ1v) is 10.3. The van der Waals surface area contributed by atoms with Gasteiger partial charge >= 0.3 is 0 Å². The van der Waals surface area contributed by atoms with Gasteiger partial charge in [-0.2, -0.15) is 10.5 Å². The van der Waals surface area contributed by atoms with Crippen LogP contribution < -0.4 is 0 Å². The summed E-state index contributed by atoms with van der Waals surface area (Å²) in [5, 5.41) is 22.6. The molecule has 0 fully saturated rings. The van der Waals surface area contributed by atoms with E-state index in [1.165, 1.54) is 5.39 Å². The molecule has 0 N–H and O–H groups in total. The Kier molecular flexibility index (Phi) is 3.87. The fourth-order valence-electron chi connectivity index (χ4n) is 4.67. The van der Waals surface area contributed by atoms with Crippen LogP contribution in [-0.4, -0.2) is 9.13 Å². The van der Waals surface area contributed by atoms with Crippen LogP contribution in [0.4, 0.5) is 0 Å². The Hall–Kier alpha value is -4.80. The van der Waals surface area contributed by atoms with E-state index in [9.17, 15) is 10.5 Å². The highest BCUT2D eigenvalue weighted by atomic mass is 15.1. The molecular formula is C28H16N4. The summed E-state index contributed by atoms with van der Waals surface area (Å²) in [6, 6.07) is 36.7. The largest absolute Gasteiger partial charge is 0.295 e. The molecule has 4 aromatic carbocycles. The van der Waals surface area contributed by atoms with Gasteiger partial charge in [-0.15, -0.1) is 0 Å². The van der Waals surface area contributed by atoms with Gasteiger partial charge in [0.05, 0.1) is 40.0 Å². The zero-order chi connectivity index (χ0) is 21.7. The lowest BCUT2D eigenvalue weighted by Gasteiger charge is -2.13. The summed E-state index contributed by atoms with van der Waals surface area (Å²) in [5.41, 5.74) is 5.94. The fraction of sp³-hybridized carbons (Fsp3) is 0. The van der Waals surface area contributed by atoms with Crippen LogP contribution >= 0.6 is 0 Å². The van der Waals surface area contributed by atoms with Crippen LogP contribution in [0.15, 0.2) is 97.1 Å². The van der Waals surface area contributed by atoms with Crippen LogP contribution in [0.5, 0.6) is 0 Å². The van der Waals surface area contributed by atoms with Crippen molar-refractivity contribution in [2.75, 3.05) is 0 Å². The van der Waals surface area contributed by atoms with Crippen LogP contribution in [0.1, 0.15) is 11.1 Å². The van der Waals surface area contributed by atoms with Gasteiger partial charge in [0.25, 0.3) is 0 Å². The average molecular weight is 408 g/mol. The number of nitrogens with zero attached hydrogens (tertiary/aromatic N) is 4. The van der Waals surface area contributed by atoms with E-state index in [0.29, 0.717) is 11.1 Å². The van der Waals surface area contributed by atoms with Crippen molar-refractivity contribution < 1.29 is 0 Å². The van der Waals surface area contributed by atoms with Gasteiger partial charge < -0.3 is 0 Å². The minimum Gasteiger partial charge on any atom is -0.295 e. The molecule has 0 spiro atoms.